The average molecular weight is 299 g/mol. The molecule has 0 atom stereocenters. The number of thioether (sulfide) groups is 1. The zero-order valence-corrected chi connectivity index (χ0v) is 12.0. The van der Waals surface area contributed by atoms with Gasteiger partial charge in [-0.2, -0.15) is 0 Å². The van der Waals surface area contributed by atoms with Crippen molar-refractivity contribution in [3.05, 3.63) is 65.5 Å². The van der Waals surface area contributed by atoms with Gasteiger partial charge in [-0.25, -0.2) is 4.39 Å². The molecule has 4 N–H and O–H groups in total. The van der Waals surface area contributed by atoms with Gasteiger partial charge in [0.2, 0.25) is 0 Å². The number of hydrogen-bond acceptors (Lipinski definition) is 2. The molecule has 3 nitrogen and oxygen atoms in total. The Bertz CT molecular complexity index is 777. The van der Waals surface area contributed by atoms with E-state index in [9.17, 15) is 4.39 Å². The Labute approximate surface area is 125 Å². The lowest BCUT2D eigenvalue weighted by Crippen LogP contribution is -2.14. The average Bonchev–Trinajstić information content (AvgIpc) is 2.88. The molecule has 0 aliphatic carbocycles. The largest absolute Gasteiger partial charge is 0.384 e. The quantitative estimate of drug-likeness (QED) is 0.389. The van der Waals surface area contributed by atoms with E-state index in [0.717, 1.165) is 15.9 Å². The van der Waals surface area contributed by atoms with Crippen molar-refractivity contribution in [2.45, 2.75) is 10.8 Å². The van der Waals surface area contributed by atoms with Gasteiger partial charge in [0.05, 0.1) is 10.6 Å². The van der Waals surface area contributed by atoms with Gasteiger partial charge in [0.15, 0.2) is 0 Å². The third-order valence-corrected chi connectivity index (χ3v) is 4.24. The molecule has 2 aromatic carbocycles. The van der Waals surface area contributed by atoms with Crippen molar-refractivity contribution in [1.82, 2.24) is 4.98 Å². The van der Waals surface area contributed by atoms with Crippen molar-refractivity contribution in [2.75, 3.05) is 0 Å². The first-order chi connectivity index (χ1) is 10.1. The van der Waals surface area contributed by atoms with Gasteiger partial charge in [-0.1, -0.05) is 30.3 Å². The van der Waals surface area contributed by atoms with Crippen LogP contribution in [0.25, 0.3) is 10.9 Å². The second-order valence-electron chi connectivity index (χ2n) is 4.70. The number of aromatic amines is 1. The number of fused-ring (bicyclic) bond motifs is 1. The first-order valence-corrected chi connectivity index (χ1v) is 7.46. The third-order valence-electron chi connectivity index (χ3n) is 3.26. The topological polar surface area (TPSA) is 65.7 Å². The summed E-state index contributed by atoms with van der Waals surface area (Å²) in [6.45, 7) is 0. The van der Waals surface area contributed by atoms with Crippen LogP contribution in [-0.4, -0.2) is 10.8 Å². The van der Waals surface area contributed by atoms with Crippen LogP contribution in [0.4, 0.5) is 4.39 Å². The van der Waals surface area contributed by atoms with Crippen LogP contribution in [0.3, 0.4) is 0 Å². The summed E-state index contributed by atoms with van der Waals surface area (Å²) in [6.07, 6.45) is 0. The van der Waals surface area contributed by atoms with Gasteiger partial charge in [0, 0.05) is 16.7 Å². The standard InChI is InChI=1S/C16H14FN3S/c17-15-11(5-3-6-12(15)16(18)19)9-21-14-8-10-4-1-2-7-13(10)20-14/h1-8,20H,9H2,(H3,18,19). The summed E-state index contributed by atoms with van der Waals surface area (Å²) < 4.78 is 14.2. The highest BCUT2D eigenvalue weighted by Gasteiger charge is 2.11. The molecule has 5 heteroatoms. The number of benzene rings is 2. The van der Waals surface area contributed by atoms with Crippen molar-refractivity contribution in [3.63, 3.8) is 0 Å². The first kappa shape index (κ1) is 13.7. The molecule has 0 unspecified atom stereocenters. The lowest BCUT2D eigenvalue weighted by Gasteiger charge is -2.06. The fourth-order valence-electron chi connectivity index (χ4n) is 2.18. The van der Waals surface area contributed by atoms with Crippen molar-refractivity contribution < 1.29 is 4.39 Å². The summed E-state index contributed by atoms with van der Waals surface area (Å²) in [5.74, 6) is -0.168. The number of nitrogens with two attached hydrogens (primary N) is 1. The fraction of sp³-hybridized carbons (Fsp3) is 0.0625. The molecular weight excluding hydrogens is 285 g/mol. The van der Waals surface area contributed by atoms with Crippen molar-refractivity contribution in [1.29, 1.82) is 5.41 Å². The molecule has 3 rings (SSSR count). The monoisotopic (exact) mass is 299 g/mol. The van der Waals surface area contributed by atoms with Gasteiger partial charge in [-0.3, -0.25) is 5.41 Å². The van der Waals surface area contributed by atoms with E-state index in [4.69, 9.17) is 11.1 Å². The van der Waals surface area contributed by atoms with E-state index >= 15 is 0 Å². The van der Waals surface area contributed by atoms with Crippen molar-refractivity contribution >= 4 is 28.5 Å². The summed E-state index contributed by atoms with van der Waals surface area (Å²) >= 11 is 1.53. The van der Waals surface area contributed by atoms with E-state index in [0.29, 0.717) is 11.3 Å². The van der Waals surface area contributed by atoms with Crippen LogP contribution in [0, 0.1) is 11.2 Å². The molecule has 0 radical (unpaired) electrons. The Hall–Kier alpha value is -2.27. The number of rotatable bonds is 4. The second-order valence-corrected chi connectivity index (χ2v) is 5.72. The van der Waals surface area contributed by atoms with Crippen LogP contribution < -0.4 is 5.73 Å². The van der Waals surface area contributed by atoms with Crippen LogP contribution in [0.5, 0.6) is 0 Å². The summed E-state index contributed by atoms with van der Waals surface area (Å²) in [6, 6.07) is 15.0. The fourth-order valence-corrected chi connectivity index (χ4v) is 3.11. The van der Waals surface area contributed by atoms with Crippen molar-refractivity contribution in [2.24, 2.45) is 5.73 Å². The van der Waals surface area contributed by atoms with E-state index in [2.05, 4.69) is 4.98 Å². The minimum absolute atomic E-state index is 0.157. The third kappa shape index (κ3) is 2.78. The first-order valence-electron chi connectivity index (χ1n) is 6.47. The second kappa shape index (κ2) is 5.61. The summed E-state index contributed by atoms with van der Waals surface area (Å²) in [5, 5.41) is 9.49. The summed E-state index contributed by atoms with van der Waals surface area (Å²) in [5.41, 5.74) is 7.14. The van der Waals surface area contributed by atoms with Crippen LogP contribution in [0.1, 0.15) is 11.1 Å². The normalized spacial score (nSPS) is 10.9. The molecule has 21 heavy (non-hydrogen) atoms. The molecule has 0 spiro atoms. The predicted octanol–water partition coefficient (Wildman–Crippen LogP) is 3.88. The SMILES string of the molecule is N=C(N)c1cccc(CSc2cc3ccccc3[nH]2)c1F. The maximum Gasteiger partial charge on any atom is 0.138 e. The maximum absolute atomic E-state index is 14.2. The number of aromatic nitrogens is 1. The summed E-state index contributed by atoms with van der Waals surface area (Å²) in [7, 11) is 0. The van der Waals surface area contributed by atoms with E-state index in [-0.39, 0.29) is 11.4 Å². The zero-order valence-electron chi connectivity index (χ0n) is 11.2. The zero-order chi connectivity index (χ0) is 14.8. The number of amidine groups is 1. The van der Waals surface area contributed by atoms with Crippen LogP contribution in [-0.2, 0) is 5.75 Å². The van der Waals surface area contributed by atoms with Gasteiger partial charge >= 0.3 is 0 Å². The molecule has 106 valence electrons. The molecular formula is C16H14FN3S. The van der Waals surface area contributed by atoms with E-state index in [1.807, 2.05) is 30.3 Å². The maximum atomic E-state index is 14.2. The minimum Gasteiger partial charge on any atom is -0.384 e. The number of nitrogen functional groups attached to an aromatic ring is 1. The molecule has 0 aliphatic rings. The Balaban J connectivity index is 1.81. The molecule has 0 amide bonds. The van der Waals surface area contributed by atoms with Crippen LogP contribution in [0.15, 0.2) is 53.6 Å². The molecule has 1 aromatic heterocycles. The lowest BCUT2D eigenvalue weighted by molar-refractivity contribution is 0.614. The highest BCUT2D eigenvalue weighted by atomic mass is 32.2. The van der Waals surface area contributed by atoms with Gasteiger partial charge in [0.25, 0.3) is 0 Å². The van der Waals surface area contributed by atoms with Crippen LogP contribution in [0.2, 0.25) is 0 Å². The highest BCUT2D eigenvalue weighted by Crippen LogP contribution is 2.27. The van der Waals surface area contributed by atoms with E-state index in [1.54, 1.807) is 12.1 Å². The van der Waals surface area contributed by atoms with Crippen LogP contribution >= 0.6 is 11.8 Å². The van der Waals surface area contributed by atoms with E-state index in [1.165, 1.54) is 17.8 Å². The molecule has 0 saturated heterocycles. The summed E-state index contributed by atoms with van der Waals surface area (Å²) in [4.78, 5) is 3.30. The predicted molar refractivity (Wildman–Crippen MR) is 85.3 cm³/mol. The Morgan fingerprint density at radius 1 is 1.19 bits per heavy atom. The van der Waals surface area contributed by atoms with Gasteiger partial charge in [0.1, 0.15) is 11.7 Å². The molecule has 1 heterocycles. The Kier molecular flexibility index (Phi) is 3.66. The smallest absolute Gasteiger partial charge is 0.138 e. The van der Waals surface area contributed by atoms with Gasteiger partial charge in [-0.15, -0.1) is 11.8 Å². The van der Waals surface area contributed by atoms with Gasteiger partial charge in [-0.05, 0) is 23.8 Å². The molecule has 3 aromatic rings. The molecule has 0 fully saturated rings. The van der Waals surface area contributed by atoms with Gasteiger partial charge < -0.3 is 10.7 Å². The molecule has 0 bridgehead atoms. The lowest BCUT2D eigenvalue weighted by atomic mass is 10.1. The number of para-hydroxylation sites is 1. The van der Waals surface area contributed by atoms with Crippen molar-refractivity contribution in [3.8, 4) is 0 Å². The van der Waals surface area contributed by atoms with E-state index < -0.39 is 5.82 Å². The Morgan fingerprint density at radius 3 is 2.76 bits per heavy atom. The molecule has 0 aliphatic heterocycles. The minimum atomic E-state index is -0.409. The number of hydrogen-bond donors (Lipinski definition) is 3. The number of nitrogens with one attached hydrogen (secondary N) is 2. The highest BCUT2D eigenvalue weighted by molar-refractivity contribution is 7.98. The Morgan fingerprint density at radius 2 is 2.00 bits per heavy atom. The molecule has 0 saturated carbocycles. The number of H-pyrrole nitrogens is 1. The number of halogens is 1.